The molecule has 8 heteroatoms. The molecule has 0 saturated carbocycles. The number of ether oxygens (including phenoxy) is 1. The number of benzene rings is 1. The first kappa shape index (κ1) is 20.0. The molecule has 1 atom stereocenters. The van der Waals surface area contributed by atoms with Crippen molar-refractivity contribution in [2.45, 2.75) is 26.9 Å². The lowest BCUT2D eigenvalue weighted by Crippen LogP contribution is -2.41. The molecule has 2 aromatic rings. The van der Waals surface area contributed by atoms with Gasteiger partial charge in [0, 0.05) is 18.9 Å². The maximum atomic E-state index is 12.3. The standard InChI is InChI=1S/C19H22N4O4/c1-12-5-7-15(8-6-12)22-17(24)11-23(4)18(25)14(3)27-19(26)16-10-20-13(2)9-21-16/h5-10,14H,11H2,1-4H3,(H,22,24)/t14-/m1/s1. The first-order chi connectivity index (χ1) is 12.8. The van der Waals surface area contributed by atoms with Gasteiger partial charge in [-0.25, -0.2) is 9.78 Å². The van der Waals surface area contributed by atoms with Crippen molar-refractivity contribution < 1.29 is 19.1 Å². The third-order valence-corrected chi connectivity index (χ3v) is 3.71. The number of carbonyl (C=O) groups is 3. The topological polar surface area (TPSA) is 101 Å². The number of aromatic nitrogens is 2. The van der Waals surface area contributed by atoms with E-state index in [2.05, 4.69) is 15.3 Å². The molecule has 142 valence electrons. The minimum Gasteiger partial charge on any atom is -0.448 e. The molecule has 1 aromatic carbocycles. The fraction of sp³-hybridized carbons (Fsp3) is 0.316. The van der Waals surface area contributed by atoms with Gasteiger partial charge >= 0.3 is 5.97 Å². The number of carbonyl (C=O) groups excluding carboxylic acids is 3. The smallest absolute Gasteiger partial charge is 0.359 e. The van der Waals surface area contributed by atoms with Gasteiger partial charge in [0.25, 0.3) is 5.91 Å². The second-order valence-corrected chi connectivity index (χ2v) is 6.20. The monoisotopic (exact) mass is 370 g/mol. The number of esters is 1. The van der Waals surface area contributed by atoms with E-state index in [-0.39, 0.29) is 18.1 Å². The molecule has 0 saturated heterocycles. The number of amides is 2. The molecule has 0 aliphatic heterocycles. The molecule has 2 rings (SSSR count). The van der Waals surface area contributed by atoms with Gasteiger partial charge in [-0.3, -0.25) is 14.6 Å². The molecule has 2 amide bonds. The minimum atomic E-state index is -1.06. The minimum absolute atomic E-state index is 0.0139. The lowest BCUT2D eigenvalue weighted by atomic mass is 10.2. The predicted molar refractivity (Wildman–Crippen MR) is 99.1 cm³/mol. The number of rotatable bonds is 6. The highest BCUT2D eigenvalue weighted by Gasteiger charge is 2.24. The SMILES string of the molecule is Cc1ccc(NC(=O)CN(C)C(=O)[C@@H](C)OC(=O)c2cnc(C)cn2)cc1. The van der Waals surface area contributed by atoms with Gasteiger partial charge in [0.2, 0.25) is 5.91 Å². The van der Waals surface area contributed by atoms with E-state index in [1.807, 2.05) is 19.1 Å². The molecule has 0 fully saturated rings. The maximum Gasteiger partial charge on any atom is 0.359 e. The van der Waals surface area contributed by atoms with Gasteiger partial charge in [0.15, 0.2) is 11.8 Å². The van der Waals surface area contributed by atoms with Gasteiger partial charge in [0.05, 0.1) is 18.4 Å². The van der Waals surface area contributed by atoms with Crippen molar-refractivity contribution in [3.63, 3.8) is 0 Å². The quantitative estimate of drug-likeness (QED) is 0.777. The van der Waals surface area contributed by atoms with Gasteiger partial charge in [-0.2, -0.15) is 0 Å². The molecule has 0 aliphatic rings. The van der Waals surface area contributed by atoms with Crippen LogP contribution in [0.5, 0.6) is 0 Å². The molecule has 8 nitrogen and oxygen atoms in total. The molecular weight excluding hydrogens is 348 g/mol. The number of hydrogen-bond acceptors (Lipinski definition) is 6. The van der Waals surface area contributed by atoms with Crippen LogP contribution in [-0.2, 0) is 14.3 Å². The van der Waals surface area contributed by atoms with Crippen molar-refractivity contribution in [2.24, 2.45) is 0 Å². The highest BCUT2D eigenvalue weighted by Crippen LogP contribution is 2.09. The highest BCUT2D eigenvalue weighted by atomic mass is 16.5. The first-order valence-electron chi connectivity index (χ1n) is 8.37. The molecule has 0 radical (unpaired) electrons. The highest BCUT2D eigenvalue weighted by molar-refractivity contribution is 5.95. The Hall–Kier alpha value is -3.29. The van der Waals surface area contributed by atoms with Crippen molar-refractivity contribution >= 4 is 23.5 Å². The van der Waals surface area contributed by atoms with Gasteiger partial charge < -0.3 is 15.0 Å². The molecule has 1 heterocycles. The number of anilines is 1. The molecule has 0 bridgehead atoms. The number of aryl methyl sites for hydroxylation is 2. The van der Waals surface area contributed by atoms with Crippen molar-refractivity contribution in [1.29, 1.82) is 0 Å². The molecule has 1 N–H and O–H groups in total. The molecule has 0 spiro atoms. The summed E-state index contributed by atoms with van der Waals surface area (Å²) >= 11 is 0. The van der Waals surface area contributed by atoms with Crippen LogP contribution in [0.1, 0.15) is 28.7 Å². The van der Waals surface area contributed by atoms with E-state index in [0.717, 1.165) is 5.56 Å². The van der Waals surface area contributed by atoms with Crippen LogP contribution in [0.15, 0.2) is 36.7 Å². The Morgan fingerprint density at radius 3 is 2.37 bits per heavy atom. The van der Waals surface area contributed by atoms with Crippen LogP contribution in [0, 0.1) is 13.8 Å². The number of nitrogens with zero attached hydrogens (tertiary/aromatic N) is 3. The lowest BCUT2D eigenvalue weighted by molar-refractivity contribution is -0.140. The summed E-state index contributed by atoms with van der Waals surface area (Å²) in [5.41, 5.74) is 2.40. The molecular formula is C19H22N4O4. The largest absolute Gasteiger partial charge is 0.448 e. The third kappa shape index (κ3) is 5.88. The third-order valence-electron chi connectivity index (χ3n) is 3.71. The van der Waals surface area contributed by atoms with Crippen LogP contribution >= 0.6 is 0 Å². The van der Waals surface area contributed by atoms with Crippen molar-refractivity contribution in [3.05, 3.63) is 53.6 Å². The summed E-state index contributed by atoms with van der Waals surface area (Å²) in [5.74, 6) is -1.60. The summed E-state index contributed by atoms with van der Waals surface area (Å²) in [6, 6.07) is 7.31. The molecule has 1 aromatic heterocycles. The number of nitrogens with one attached hydrogen (secondary N) is 1. The molecule has 0 aliphatic carbocycles. The van der Waals surface area contributed by atoms with E-state index < -0.39 is 18.0 Å². The summed E-state index contributed by atoms with van der Waals surface area (Å²) in [6.45, 7) is 4.96. The average molecular weight is 370 g/mol. The fourth-order valence-corrected chi connectivity index (χ4v) is 2.21. The van der Waals surface area contributed by atoms with Crippen LogP contribution in [0.3, 0.4) is 0 Å². The van der Waals surface area contributed by atoms with Crippen LogP contribution in [0.4, 0.5) is 5.69 Å². The Kier molecular flexibility index (Phi) is 6.59. The summed E-state index contributed by atoms with van der Waals surface area (Å²) in [6.07, 6.45) is 1.66. The molecule has 0 unspecified atom stereocenters. The number of hydrogen-bond donors (Lipinski definition) is 1. The van der Waals surface area contributed by atoms with Crippen LogP contribution < -0.4 is 5.32 Å². The van der Waals surface area contributed by atoms with Crippen LogP contribution in [-0.4, -0.2) is 52.3 Å². The van der Waals surface area contributed by atoms with Gasteiger partial charge in [0.1, 0.15) is 0 Å². The van der Waals surface area contributed by atoms with E-state index >= 15 is 0 Å². The first-order valence-corrected chi connectivity index (χ1v) is 8.37. The Balaban J connectivity index is 1.87. The zero-order valence-corrected chi connectivity index (χ0v) is 15.7. The van der Waals surface area contributed by atoms with E-state index in [1.165, 1.54) is 31.3 Å². The van der Waals surface area contributed by atoms with E-state index in [4.69, 9.17) is 4.74 Å². The zero-order chi connectivity index (χ0) is 20.0. The Bertz CT molecular complexity index is 819. The van der Waals surface area contributed by atoms with Crippen molar-refractivity contribution in [1.82, 2.24) is 14.9 Å². The molecule has 27 heavy (non-hydrogen) atoms. The van der Waals surface area contributed by atoms with Crippen molar-refractivity contribution in [2.75, 3.05) is 18.9 Å². The van der Waals surface area contributed by atoms with Gasteiger partial charge in [-0.05, 0) is 32.9 Å². The zero-order valence-electron chi connectivity index (χ0n) is 15.7. The summed E-state index contributed by atoms with van der Waals surface area (Å²) in [5, 5.41) is 2.71. The van der Waals surface area contributed by atoms with Gasteiger partial charge in [-0.1, -0.05) is 17.7 Å². The summed E-state index contributed by atoms with van der Waals surface area (Å²) < 4.78 is 5.11. The fourth-order valence-electron chi connectivity index (χ4n) is 2.21. The van der Waals surface area contributed by atoms with E-state index in [1.54, 1.807) is 19.1 Å². The Morgan fingerprint density at radius 2 is 1.78 bits per heavy atom. The summed E-state index contributed by atoms with van der Waals surface area (Å²) in [7, 11) is 1.47. The second kappa shape index (κ2) is 8.88. The van der Waals surface area contributed by atoms with Crippen molar-refractivity contribution in [3.8, 4) is 0 Å². The van der Waals surface area contributed by atoms with Crippen LogP contribution in [0.2, 0.25) is 0 Å². The van der Waals surface area contributed by atoms with Crippen LogP contribution in [0.25, 0.3) is 0 Å². The maximum absolute atomic E-state index is 12.3. The lowest BCUT2D eigenvalue weighted by Gasteiger charge is -2.21. The van der Waals surface area contributed by atoms with E-state index in [9.17, 15) is 14.4 Å². The predicted octanol–water partition coefficient (Wildman–Crippen LogP) is 1.74. The van der Waals surface area contributed by atoms with E-state index in [0.29, 0.717) is 11.4 Å². The second-order valence-electron chi connectivity index (χ2n) is 6.20. The summed E-state index contributed by atoms with van der Waals surface area (Å²) in [4.78, 5) is 45.5. The normalized spacial score (nSPS) is 11.4. The Morgan fingerprint density at radius 1 is 1.11 bits per heavy atom. The average Bonchev–Trinajstić information content (AvgIpc) is 2.63. The Labute approximate surface area is 157 Å². The van der Waals surface area contributed by atoms with Gasteiger partial charge in [-0.15, -0.1) is 0 Å². The number of likely N-dealkylation sites (N-methyl/N-ethyl adjacent to an activating group) is 1.